The number of rotatable bonds is 3. The highest BCUT2D eigenvalue weighted by Crippen LogP contribution is 2.40. The number of halogens is 1. The van der Waals surface area contributed by atoms with E-state index < -0.39 is 35.3 Å². The Morgan fingerprint density at radius 2 is 2.17 bits per heavy atom. The number of carbonyl (C=O) groups excluding carboxylic acids is 1. The topological polar surface area (TPSA) is 118 Å². The van der Waals surface area contributed by atoms with Crippen LogP contribution in [0.4, 0.5) is 0 Å². The Balaban J connectivity index is 2.27. The number of aliphatic carboxylic acids is 1. The van der Waals surface area contributed by atoms with Crippen LogP contribution in [-0.4, -0.2) is 39.3 Å². The lowest BCUT2D eigenvalue weighted by atomic mass is 10.1. The van der Waals surface area contributed by atoms with Gasteiger partial charge in [0.2, 0.25) is 0 Å². The van der Waals surface area contributed by atoms with Crippen molar-refractivity contribution in [2.45, 2.75) is 19.6 Å². The van der Waals surface area contributed by atoms with E-state index in [1.165, 1.54) is 16.7 Å². The molecule has 0 fully saturated rings. The lowest BCUT2D eigenvalue weighted by Crippen LogP contribution is -2.39. The summed E-state index contributed by atoms with van der Waals surface area (Å²) < 4.78 is 6.95. The van der Waals surface area contributed by atoms with Gasteiger partial charge in [-0.3, -0.25) is 14.4 Å². The highest BCUT2D eigenvalue weighted by molar-refractivity contribution is 6.33. The number of aromatic hydroxyl groups is 1. The summed E-state index contributed by atoms with van der Waals surface area (Å²) >= 11 is 6.10. The number of nitrogens with one attached hydrogen (secondary N) is 1. The Morgan fingerprint density at radius 1 is 1.46 bits per heavy atom. The molecule has 3 rings (SSSR count). The molecule has 1 aliphatic rings. The minimum atomic E-state index is -1.26. The van der Waals surface area contributed by atoms with E-state index >= 15 is 0 Å². The van der Waals surface area contributed by atoms with Crippen molar-refractivity contribution in [1.82, 2.24) is 9.88 Å². The lowest BCUT2D eigenvalue weighted by Gasteiger charge is -2.27. The van der Waals surface area contributed by atoms with Crippen LogP contribution >= 0.6 is 11.6 Å². The molecule has 1 unspecified atom stereocenters. The van der Waals surface area contributed by atoms with Gasteiger partial charge >= 0.3 is 5.97 Å². The molecule has 1 aromatic carbocycles. The van der Waals surface area contributed by atoms with Gasteiger partial charge in [0.15, 0.2) is 5.75 Å². The summed E-state index contributed by atoms with van der Waals surface area (Å²) in [5.74, 6) is -2.50. The summed E-state index contributed by atoms with van der Waals surface area (Å²) in [6.45, 7) is 1.24. The van der Waals surface area contributed by atoms with Gasteiger partial charge in [-0.1, -0.05) is 11.6 Å². The molecule has 1 aromatic heterocycles. The molecule has 0 bridgehead atoms. The minimum absolute atomic E-state index is 0.169. The Kier molecular flexibility index (Phi) is 3.84. The normalized spacial score (nSPS) is 15.8. The van der Waals surface area contributed by atoms with E-state index in [9.17, 15) is 19.5 Å². The van der Waals surface area contributed by atoms with Crippen molar-refractivity contribution in [2.24, 2.45) is 0 Å². The molecule has 0 saturated carbocycles. The predicted octanol–water partition coefficient (Wildman–Crippen LogP) is 0.956. The number of benzene rings is 1. The van der Waals surface area contributed by atoms with Gasteiger partial charge in [-0.15, -0.1) is 0 Å². The van der Waals surface area contributed by atoms with Crippen LogP contribution in [0.3, 0.4) is 0 Å². The van der Waals surface area contributed by atoms with E-state index in [1.807, 2.05) is 0 Å². The standard InChI is InChI=1S/C15H13ClN2O6/c1-6-5-18-11-7(2-3-8(16)13(11)24-6)12(21)10(15(18)23)14(22)17-4-9(19)20/h2-3,6,21H,4-5H2,1H3,(H,17,22)(H,19,20). The molecule has 3 N–H and O–H groups in total. The molecule has 0 saturated heterocycles. The fourth-order valence-electron chi connectivity index (χ4n) is 2.71. The average molecular weight is 353 g/mol. The summed E-state index contributed by atoms with van der Waals surface area (Å²) in [5, 5.41) is 21.6. The molecular formula is C15H13ClN2O6. The first-order valence-corrected chi connectivity index (χ1v) is 7.43. The second-order valence-electron chi connectivity index (χ2n) is 5.42. The van der Waals surface area contributed by atoms with Crippen molar-refractivity contribution >= 4 is 34.4 Å². The van der Waals surface area contributed by atoms with Crippen molar-refractivity contribution in [2.75, 3.05) is 6.54 Å². The summed E-state index contributed by atoms with van der Waals surface area (Å²) in [4.78, 5) is 35.4. The molecule has 9 heteroatoms. The first-order chi connectivity index (χ1) is 11.3. The summed E-state index contributed by atoms with van der Waals surface area (Å²) in [5.41, 5.74) is -0.939. The zero-order valence-electron chi connectivity index (χ0n) is 12.5. The second kappa shape index (κ2) is 5.72. The van der Waals surface area contributed by atoms with Crippen molar-refractivity contribution in [1.29, 1.82) is 0 Å². The van der Waals surface area contributed by atoms with E-state index in [0.717, 1.165) is 0 Å². The Labute approximate surface area is 140 Å². The van der Waals surface area contributed by atoms with Gasteiger partial charge in [-0.05, 0) is 19.1 Å². The minimum Gasteiger partial charge on any atom is -0.506 e. The Hall–Kier alpha value is -2.74. The Morgan fingerprint density at radius 3 is 2.83 bits per heavy atom. The monoisotopic (exact) mass is 352 g/mol. The first kappa shape index (κ1) is 16.1. The number of amides is 1. The van der Waals surface area contributed by atoms with Gasteiger partial charge in [-0.2, -0.15) is 0 Å². The fraction of sp³-hybridized carbons (Fsp3) is 0.267. The molecule has 0 spiro atoms. The van der Waals surface area contributed by atoms with Crippen molar-refractivity contribution in [3.63, 3.8) is 0 Å². The number of carboxylic acid groups (broad SMARTS) is 1. The van der Waals surface area contributed by atoms with Crippen LogP contribution in [0.5, 0.6) is 11.5 Å². The molecule has 2 heterocycles. The molecule has 0 radical (unpaired) electrons. The number of pyridine rings is 1. The number of carbonyl (C=O) groups is 2. The summed E-state index contributed by atoms with van der Waals surface area (Å²) in [7, 11) is 0. The van der Waals surface area contributed by atoms with Crippen LogP contribution in [-0.2, 0) is 11.3 Å². The van der Waals surface area contributed by atoms with Gasteiger partial charge in [0.1, 0.15) is 24.0 Å². The van der Waals surface area contributed by atoms with Gasteiger partial charge in [-0.25, -0.2) is 0 Å². The van der Waals surface area contributed by atoms with E-state index in [-0.39, 0.29) is 28.8 Å². The van der Waals surface area contributed by atoms with Crippen LogP contribution in [0.2, 0.25) is 5.02 Å². The van der Waals surface area contributed by atoms with Crippen molar-refractivity contribution < 1.29 is 24.5 Å². The van der Waals surface area contributed by atoms with Crippen LogP contribution in [0, 0.1) is 0 Å². The number of carboxylic acids is 1. The second-order valence-corrected chi connectivity index (χ2v) is 5.82. The first-order valence-electron chi connectivity index (χ1n) is 7.06. The van der Waals surface area contributed by atoms with Crippen molar-refractivity contribution in [3.05, 3.63) is 33.1 Å². The van der Waals surface area contributed by atoms with Gasteiger partial charge < -0.3 is 24.8 Å². The maximum atomic E-state index is 12.7. The number of hydrogen-bond donors (Lipinski definition) is 3. The zero-order chi connectivity index (χ0) is 17.6. The molecule has 2 aromatic rings. The zero-order valence-corrected chi connectivity index (χ0v) is 13.3. The third kappa shape index (κ3) is 2.44. The Bertz CT molecular complexity index is 936. The summed E-state index contributed by atoms with van der Waals surface area (Å²) in [6.07, 6.45) is -0.363. The highest BCUT2D eigenvalue weighted by Gasteiger charge is 2.29. The van der Waals surface area contributed by atoms with E-state index in [1.54, 1.807) is 6.92 Å². The van der Waals surface area contributed by atoms with Crippen LogP contribution in [0.1, 0.15) is 17.3 Å². The SMILES string of the molecule is CC1Cn2c(=O)c(C(=O)NCC(=O)O)c(O)c3ccc(Cl)c(c32)O1. The van der Waals surface area contributed by atoms with E-state index in [2.05, 4.69) is 5.32 Å². The molecule has 24 heavy (non-hydrogen) atoms. The maximum absolute atomic E-state index is 12.7. The summed E-state index contributed by atoms with van der Waals surface area (Å²) in [6, 6.07) is 2.96. The molecule has 1 atom stereocenters. The van der Waals surface area contributed by atoms with Gasteiger partial charge in [0, 0.05) is 5.39 Å². The third-order valence-corrected chi connectivity index (χ3v) is 3.99. The van der Waals surface area contributed by atoms with Gasteiger partial charge in [0.05, 0.1) is 17.1 Å². The average Bonchev–Trinajstić information content (AvgIpc) is 2.52. The van der Waals surface area contributed by atoms with E-state index in [0.29, 0.717) is 5.52 Å². The molecule has 0 aliphatic carbocycles. The van der Waals surface area contributed by atoms with Crippen LogP contribution < -0.4 is 15.6 Å². The predicted molar refractivity (Wildman–Crippen MR) is 84.9 cm³/mol. The quantitative estimate of drug-likeness (QED) is 0.757. The fourth-order valence-corrected chi connectivity index (χ4v) is 2.91. The van der Waals surface area contributed by atoms with Crippen LogP contribution in [0.25, 0.3) is 10.9 Å². The molecule has 1 aliphatic heterocycles. The number of aromatic nitrogens is 1. The van der Waals surface area contributed by atoms with Gasteiger partial charge in [0.25, 0.3) is 11.5 Å². The highest BCUT2D eigenvalue weighted by atomic mass is 35.5. The van der Waals surface area contributed by atoms with Crippen molar-refractivity contribution in [3.8, 4) is 11.5 Å². The van der Waals surface area contributed by atoms with E-state index in [4.69, 9.17) is 21.4 Å². The molecule has 8 nitrogen and oxygen atoms in total. The molecule has 1 amide bonds. The lowest BCUT2D eigenvalue weighted by molar-refractivity contribution is -0.135. The van der Waals surface area contributed by atoms with Crippen LogP contribution in [0.15, 0.2) is 16.9 Å². The number of ether oxygens (including phenoxy) is 1. The largest absolute Gasteiger partial charge is 0.506 e. The number of hydrogen-bond acceptors (Lipinski definition) is 5. The molecular weight excluding hydrogens is 340 g/mol. The smallest absolute Gasteiger partial charge is 0.322 e. The third-order valence-electron chi connectivity index (χ3n) is 3.69. The maximum Gasteiger partial charge on any atom is 0.322 e. The number of nitrogens with zero attached hydrogens (tertiary/aromatic N) is 1. The molecule has 126 valence electrons.